The lowest BCUT2D eigenvalue weighted by atomic mass is 9.96. The van der Waals surface area contributed by atoms with Crippen LogP contribution in [0.5, 0.6) is 0 Å². The molecule has 0 amide bonds. The summed E-state index contributed by atoms with van der Waals surface area (Å²) in [4.78, 5) is 10.1. The van der Waals surface area contributed by atoms with Crippen molar-refractivity contribution in [3.63, 3.8) is 0 Å². The van der Waals surface area contributed by atoms with Gasteiger partial charge in [-0.2, -0.15) is 0 Å². The zero-order chi connectivity index (χ0) is 31.6. The molecule has 0 atom stereocenters. The first-order valence-corrected chi connectivity index (χ1v) is 17.0. The van der Waals surface area contributed by atoms with Crippen molar-refractivity contribution >= 4 is 64.8 Å². The zero-order valence-electron chi connectivity index (χ0n) is 25.8. The zero-order valence-corrected chi connectivity index (χ0v) is 26.7. The molecule has 0 bridgehead atoms. The largest absolute Gasteiger partial charge is 0.309 e. The number of thiophene rings is 1. The minimum absolute atomic E-state index is 0.719. The Morgan fingerprint density at radius 2 is 1.04 bits per heavy atom. The Kier molecular flexibility index (Phi) is 6.05. The summed E-state index contributed by atoms with van der Waals surface area (Å²) < 4.78 is 3.77. The second kappa shape index (κ2) is 10.7. The molecule has 0 saturated heterocycles. The van der Waals surface area contributed by atoms with E-state index in [9.17, 15) is 0 Å². The molecule has 10 rings (SSSR count). The number of benzene rings is 7. The summed E-state index contributed by atoms with van der Waals surface area (Å²) in [6.45, 7) is 0. The normalized spacial score (nSPS) is 11.8. The third-order valence-electron chi connectivity index (χ3n) is 9.46. The highest BCUT2D eigenvalue weighted by atomic mass is 32.1. The van der Waals surface area contributed by atoms with Gasteiger partial charge in [0.2, 0.25) is 0 Å². The van der Waals surface area contributed by atoms with Crippen LogP contribution in [0.3, 0.4) is 0 Å². The quantitative estimate of drug-likeness (QED) is 0.181. The van der Waals surface area contributed by atoms with Gasteiger partial charge in [-0.05, 0) is 63.3 Å². The highest BCUT2D eigenvalue weighted by Crippen LogP contribution is 2.44. The number of aromatic nitrogens is 3. The molecule has 0 N–H and O–H groups in total. The molecule has 0 radical (unpaired) electrons. The Balaban J connectivity index is 1.22. The Morgan fingerprint density at radius 3 is 1.75 bits per heavy atom. The molecule has 7 aromatic carbocycles. The summed E-state index contributed by atoms with van der Waals surface area (Å²) >= 11 is 1.80. The standard InChI is InChI=1S/C44H27N3S/c1-3-11-28(12-4-1)38-27-39(46-44(45-38)30-13-5-2-6-14-30)29-19-21-32(22-20-29)47-40-25-31-23-24-48-41(31)26-37(40)42-35-17-9-7-15-33(35)34-16-8-10-18-36(34)43(42)47/h1-27H. The van der Waals surface area contributed by atoms with Crippen LogP contribution in [-0.4, -0.2) is 14.5 Å². The summed E-state index contributed by atoms with van der Waals surface area (Å²) in [5.41, 5.74) is 8.49. The molecule has 3 heterocycles. The van der Waals surface area contributed by atoms with Crippen molar-refractivity contribution in [2.75, 3.05) is 0 Å². The fourth-order valence-electron chi connectivity index (χ4n) is 7.25. The van der Waals surface area contributed by atoms with Crippen LogP contribution in [0, 0.1) is 0 Å². The first kappa shape index (κ1) is 27.1. The van der Waals surface area contributed by atoms with Crippen LogP contribution in [0.4, 0.5) is 0 Å². The van der Waals surface area contributed by atoms with Crippen LogP contribution in [0.15, 0.2) is 163 Å². The van der Waals surface area contributed by atoms with Gasteiger partial charge in [-0.3, -0.25) is 0 Å². The summed E-state index contributed by atoms with van der Waals surface area (Å²) in [5.74, 6) is 0.719. The molecule has 224 valence electrons. The van der Waals surface area contributed by atoms with Crippen molar-refractivity contribution < 1.29 is 0 Å². The Hall–Kier alpha value is -6.10. The summed E-state index contributed by atoms with van der Waals surface area (Å²) in [6, 6.07) is 56.2. The average Bonchev–Trinajstić information content (AvgIpc) is 3.77. The maximum atomic E-state index is 5.08. The molecule has 48 heavy (non-hydrogen) atoms. The first-order chi connectivity index (χ1) is 23.8. The van der Waals surface area contributed by atoms with Gasteiger partial charge >= 0.3 is 0 Å². The van der Waals surface area contributed by atoms with E-state index in [1.165, 1.54) is 53.4 Å². The molecule has 0 aliphatic rings. The predicted octanol–water partition coefficient (Wildman–Crippen LogP) is 12.1. The highest BCUT2D eigenvalue weighted by molar-refractivity contribution is 7.17. The van der Waals surface area contributed by atoms with Crippen LogP contribution >= 0.6 is 11.3 Å². The maximum absolute atomic E-state index is 5.08. The molecule has 0 spiro atoms. The molecule has 4 heteroatoms. The van der Waals surface area contributed by atoms with E-state index >= 15 is 0 Å². The minimum atomic E-state index is 0.719. The van der Waals surface area contributed by atoms with E-state index in [4.69, 9.17) is 9.97 Å². The van der Waals surface area contributed by atoms with Crippen LogP contribution in [0.1, 0.15) is 0 Å². The Bertz CT molecular complexity index is 2760. The van der Waals surface area contributed by atoms with Gasteiger partial charge in [0.15, 0.2) is 5.82 Å². The Labute approximate surface area is 281 Å². The lowest BCUT2D eigenvalue weighted by Gasteiger charge is -2.13. The smallest absolute Gasteiger partial charge is 0.160 e. The van der Waals surface area contributed by atoms with Crippen LogP contribution in [0.25, 0.3) is 93.0 Å². The van der Waals surface area contributed by atoms with Crippen molar-refractivity contribution in [3.05, 3.63) is 163 Å². The van der Waals surface area contributed by atoms with E-state index in [0.717, 1.165) is 39.6 Å². The molecule has 3 aromatic heterocycles. The van der Waals surface area contributed by atoms with Crippen molar-refractivity contribution in [1.29, 1.82) is 0 Å². The number of fused-ring (bicyclic) bond motifs is 9. The summed E-state index contributed by atoms with van der Waals surface area (Å²) in [5, 5.41) is 11.1. The van der Waals surface area contributed by atoms with E-state index < -0.39 is 0 Å². The van der Waals surface area contributed by atoms with Gasteiger partial charge in [0.25, 0.3) is 0 Å². The molecule has 0 aliphatic carbocycles. The predicted molar refractivity (Wildman–Crippen MR) is 203 cm³/mol. The van der Waals surface area contributed by atoms with Crippen molar-refractivity contribution in [3.8, 4) is 39.6 Å². The third-order valence-corrected chi connectivity index (χ3v) is 10.3. The second-order valence-electron chi connectivity index (χ2n) is 12.2. The molecule has 10 aromatic rings. The fourth-order valence-corrected chi connectivity index (χ4v) is 8.06. The minimum Gasteiger partial charge on any atom is -0.309 e. The van der Waals surface area contributed by atoms with Gasteiger partial charge in [-0.15, -0.1) is 11.3 Å². The molecular weight excluding hydrogens is 603 g/mol. The Morgan fingerprint density at radius 1 is 0.458 bits per heavy atom. The van der Waals surface area contributed by atoms with Crippen LogP contribution < -0.4 is 0 Å². The number of rotatable bonds is 4. The number of nitrogens with zero attached hydrogens (tertiary/aromatic N) is 3. The number of hydrogen-bond acceptors (Lipinski definition) is 3. The summed E-state index contributed by atoms with van der Waals surface area (Å²) in [7, 11) is 0. The van der Waals surface area contributed by atoms with Gasteiger partial charge < -0.3 is 4.57 Å². The van der Waals surface area contributed by atoms with Gasteiger partial charge in [0.05, 0.1) is 22.4 Å². The second-order valence-corrected chi connectivity index (χ2v) is 13.2. The lowest BCUT2D eigenvalue weighted by molar-refractivity contribution is 1.17. The average molecular weight is 630 g/mol. The molecule has 0 aliphatic heterocycles. The van der Waals surface area contributed by atoms with E-state index in [1.807, 2.05) is 24.3 Å². The SMILES string of the molecule is c1ccc(-c2cc(-c3ccc(-n4c5cc6ccsc6cc5c5c6ccccc6c6ccccc6c54)cc3)nc(-c3ccccc3)n2)cc1. The molecule has 0 fully saturated rings. The fraction of sp³-hybridized carbons (Fsp3) is 0. The van der Waals surface area contributed by atoms with E-state index in [-0.39, 0.29) is 0 Å². The van der Waals surface area contributed by atoms with Crippen LogP contribution in [-0.2, 0) is 0 Å². The van der Waals surface area contributed by atoms with Gasteiger partial charge in [-0.25, -0.2) is 9.97 Å². The van der Waals surface area contributed by atoms with E-state index in [1.54, 1.807) is 11.3 Å². The van der Waals surface area contributed by atoms with E-state index in [0.29, 0.717) is 0 Å². The van der Waals surface area contributed by atoms with Crippen molar-refractivity contribution in [2.45, 2.75) is 0 Å². The highest BCUT2D eigenvalue weighted by Gasteiger charge is 2.20. The molecule has 3 nitrogen and oxygen atoms in total. The van der Waals surface area contributed by atoms with Crippen molar-refractivity contribution in [1.82, 2.24) is 14.5 Å². The van der Waals surface area contributed by atoms with Crippen LogP contribution in [0.2, 0.25) is 0 Å². The van der Waals surface area contributed by atoms with Gasteiger partial charge in [0, 0.05) is 43.2 Å². The van der Waals surface area contributed by atoms with E-state index in [2.05, 4.69) is 143 Å². The van der Waals surface area contributed by atoms with Crippen molar-refractivity contribution in [2.24, 2.45) is 0 Å². The molecule has 0 saturated carbocycles. The third kappa shape index (κ3) is 4.20. The molecule has 0 unspecified atom stereocenters. The lowest BCUT2D eigenvalue weighted by Crippen LogP contribution is -1.97. The molecular formula is C44H27N3S. The monoisotopic (exact) mass is 629 g/mol. The van der Waals surface area contributed by atoms with Gasteiger partial charge in [-0.1, -0.05) is 121 Å². The maximum Gasteiger partial charge on any atom is 0.160 e. The van der Waals surface area contributed by atoms with Gasteiger partial charge in [0.1, 0.15) is 0 Å². The summed E-state index contributed by atoms with van der Waals surface area (Å²) in [6.07, 6.45) is 0. The topological polar surface area (TPSA) is 30.7 Å². The first-order valence-electron chi connectivity index (χ1n) is 16.2. The number of hydrogen-bond donors (Lipinski definition) is 0.